The van der Waals surface area contributed by atoms with Gasteiger partial charge < -0.3 is 35.2 Å². The third-order valence-electron chi connectivity index (χ3n) is 4.42. The summed E-state index contributed by atoms with van der Waals surface area (Å²) >= 11 is 0. The minimum atomic E-state index is -5.85. The second-order valence-corrected chi connectivity index (χ2v) is 11.2. The van der Waals surface area contributed by atoms with E-state index >= 15 is 4.39 Å². The van der Waals surface area contributed by atoms with Crippen LogP contribution in [0.5, 0.6) is 0 Å². The number of alkyl halides is 1. The lowest BCUT2D eigenvalue weighted by atomic mass is 9.97. The van der Waals surface area contributed by atoms with Crippen molar-refractivity contribution in [2.24, 2.45) is 5.11 Å². The van der Waals surface area contributed by atoms with E-state index in [4.69, 9.17) is 25.8 Å². The average molecular weight is 564 g/mol. The van der Waals surface area contributed by atoms with Gasteiger partial charge in [-0.2, -0.15) is 8.62 Å². The molecule has 0 spiro atoms. The number of aromatic nitrogens is 4. The first kappa shape index (κ1) is 27.5. The third-order valence-corrected chi connectivity index (χ3v) is 8.20. The summed E-state index contributed by atoms with van der Waals surface area (Å²) in [4.78, 5) is 50.0. The molecule has 2 aromatic heterocycles. The van der Waals surface area contributed by atoms with E-state index < -0.39 is 60.7 Å². The molecule has 0 bridgehead atoms. The van der Waals surface area contributed by atoms with Gasteiger partial charge in [-0.1, -0.05) is 5.11 Å². The van der Waals surface area contributed by atoms with Gasteiger partial charge in [0.1, 0.15) is 23.5 Å². The smallest absolute Gasteiger partial charge is 0.387 e. The summed E-state index contributed by atoms with van der Waals surface area (Å²) in [6, 6.07) is 0. The van der Waals surface area contributed by atoms with Crippen molar-refractivity contribution in [3.63, 3.8) is 0 Å². The SMILES string of the molecule is [N-]=[N+]=NC[C@]1(COP(=O)(O)OP(=O)(O)OP(=O)(O)O)OC(n2cnc3c(N)ncnc32)[C@H](F)[C@@H]1O. The minimum Gasteiger partial charge on any atom is -0.387 e. The Hall–Kier alpha value is -2.08. The summed E-state index contributed by atoms with van der Waals surface area (Å²) in [7, 11) is -17.2. The van der Waals surface area contributed by atoms with Crippen LogP contribution in [0.4, 0.5) is 10.2 Å². The predicted molar refractivity (Wildman–Crippen MR) is 107 cm³/mol. The van der Waals surface area contributed by atoms with Crippen LogP contribution in [0.1, 0.15) is 6.23 Å². The van der Waals surface area contributed by atoms with Gasteiger partial charge in [0, 0.05) is 4.91 Å². The molecule has 1 fully saturated rings. The highest BCUT2D eigenvalue weighted by Crippen LogP contribution is 2.66. The molecule has 2 aromatic rings. The second-order valence-electron chi connectivity index (χ2n) is 6.80. The van der Waals surface area contributed by atoms with Crippen LogP contribution >= 0.6 is 23.5 Å². The first-order valence-corrected chi connectivity index (χ1v) is 13.3. The van der Waals surface area contributed by atoms with Crippen LogP contribution in [-0.4, -0.2) is 75.2 Å². The molecule has 0 radical (unpaired) electrons. The zero-order chi connectivity index (χ0) is 26.2. The Balaban J connectivity index is 1.87. The first-order valence-electron chi connectivity index (χ1n) is 8.82. The van der Waals surface area contributed by atoms with Gasteiger partial charge in [0.2, 0.25) is 0 Å². The average Bonchev–Trinajstić information content (AvgIpc) is 3.24. The van der Waals surface area contributed by atoms with E-state index in [1.165, 1.54) is 0 Å². The highest BCUT2D eigenvalue weighted by molar-refractivity contribution is 7.66. The lowest BCUT2D eigenvalue weighted by Gasteiger charge is -2.30. The standard InChI is InChI=1S/C11H16FN8O12P3/c12-5-7(21)11(1-18-19-14,2-29-34(25,26)32-35(27,28)31-33(22,23)24)30-10(5)20-4-17-6-8(13)15-3-16-9(6)20/h3-5,7,10,21H,1-2H2,(H,25,26)(H,27,28)(H2,13,15,16)(H2,22,23,24)/t5-,7+,10?,11-/m1/s1. The molecule has 0 aromatic carbocycles. The topological polar surface area (TPSA) is 308 Å². The van der Waals surface area contributed by atoms with E-state index in [0.717, 1.165) is 17.2 Å². The number of fused-ring (bicyclic) bond motifs is 1. The lowest BCUT2D eigenvalue weighted by Crippen LogP contribution is -2.48. The van der Waals surface area contributed by atoms with Crippen LogP contribution in [-0.2, 0) is 31.6 Å². The monoisotopic (exact) mass is 564 g/mol. The first-order chi connectivity index (χ1) is 16.1. The zero-order valence-corrected chi connectivity index (χ0v) is 19.5. The summed E-state index contributed by atoms with van der Waals surface area (Å²) in [5.74, 6) is -0.0595. The van der Waals surface area contributed by atoms with Crippen LogP contribution in [0.25, 0.3) is 21.6 Å². The van der Waals surface area contributed by atoms with E-state index in [-0.39, 0.29) is 17.0 Å². The number of rotatable bonds is 10. The normalized spacial score (nSPS) is 28.3. The molecule has 35 heavy (non-hydrogen) atoms. The predicted octanol–water partition coefficient (Wildman–Crippen LogP) is 0.0287. The maximum atomic E-state index is 15.1. The van der Waals surface area contributed by atoms with Crippen molar-refractivity contribution in [1.29, 1.82) is 0 Å². The molecular formula is C11H16FN8O12P3. The number of aliphatic hydroxyl groups is 1. The maximum absolute atomic E-state index is 15.1. The van der Waals surface area contributed by atoms with Crippen molar-refractivity contribution in [1.82, 2.24) is 19.5 Å². The number of phosphoric acid groups is 3. The Labute approximate surface area is 192 Å². The van der Waals surface area contributed by atoms with Crippen molar-refractivity contribution in [2.75, 3.05) is 18.9 Å². The molecule has 20 nitrogen and oxygen atoms in total. The van der Waals surface area contributed by atoms with Crippen molar-refractivity contribution in [3.05, 3.63) is 23.1 Å². The maximum Gasteiger partial charge on any atom is 0.490 e. The van der Waals surface area contributed by atoms with E-state index in [1.54, 1.807) is 0 Å². The van der Waals surface area contributed by atoms with Gasteiger partial charge in [-0.25, -0.2) is 33.0 Å². The Morgan fingerprint density at radius 2 is 1.91 bits per heavy atom. The van der Waals surface area contributed by atoms with E-state index in [9.17, 15) is 28.6 Å². The van der Waals surface area contributed by atoms with Gasteiger partial charge in [-0.05, 0) is 5.53 Å². The molecule has 7 N–H and O–H groups in total. The number of hydrogen-bond donors (Lipinski definition) is 6. The molecule has 0 aliphatic carbocycles. The van der Waals surface area contributed by atoms with E-state index in [0.29, 0.717) is 0 Å². The number of halogens is 1. The molecule has 1 saturated heterocycles. The molecule has 0 saturated carbocycles. The van der Waals surface area contributed by atoms with Crippen LogP contribution in [0.2, 0.25) is 0 Å². The highest BCUT2D eigenvalue weighted by atomic mass is 31.3. The number of nitrogens with two attached hydrogens (primary N) is 1. The Kier molecular flexibility index (Phi) is 7.67. The Morgan fingerprint density at radius 3 is 2.54 bits per heavy atom. The van der Waals surface area contributed by atoms with Crippen LogP contribution in [0.3, 0.4) is 0 Å². The van der Waals surface area contributed by atoms with Crippen molar-refractivity contribution < 1.29 is 60.6 Å². The molecule has 3 heterocycles. The van der Waals surface area contributed by atoms with Crippen LogP contribution in [0, 0.1) is 0 Å². The molecule has 1 aliphatic rings. The third kappa shape index (κ3) is 6.19. The summed E-state index contributed by atoms with van der Waals surface area (Å²) in [5, 5.41) is 13.7. The number of imidazole rings is 1. The van der Waals surface area contributed by atoms with Crippen LogP contribution < -0.4 is 5.73 Å². The highest BCUT2D eigenvalue weighted by Gasteiger charge is 2.57. The molecule has 24 heteroatoms. The van der Waals surface area contributed by atoms with Crippen LogP contribution in [0.15, 0.2) is 17.8 Å². The number of azide groups is 1. The molecule has 1 aliphatic heterocycles. The Morgan fingerprint density at radius 1 is 1.23 bits per heavy atom. The number of nitrogen functional groups attached to an aromatic ring is 1. The number of aliphatic hydroxyl groups excluding tert-OH is 1. The second kappa shape index (κ2) is 9.76. The van der Waals surface area contributed by atoms with Gasteiger partial charge in [-0.15, -0.1) is 0 Å². The number of ether oxygens (including phenoxy) is 1. The van der Waals surface area contributed by atoms with E-state index in [1.807, 2.05) is 0 Å². The fourth-order valence-electron chi connectivity index (χ4n) is 3.03. The van der Waals surface area contributed by atoms with E-state index in [2.05, 4.69) is 38.1 Å². The fourth-order valence-corrected chi connectivity index (χ4v) is 6.11. The van der Waals surface area contributed by atoms with Gasteiger partial charge >= 0.3 is 23.5 Å². The van der Waals surface area contributed by atoms with Gasteiger partial charge in [0.25, 0.3) is 0 Å². The molecule has 0 amide bonds. The van der Waals surface area contributed by atoms with Crippen molar-refractivity contribution >= 4 is 40.4 Å². The van der Waals surface area contributed by atoms with Gasteiger partial charge in [0.15, 0.2) is 23.9 Å². The number of nitrogens with zero attached hydrogens (tertiary/aromatic N) is 7. The van der Waals surface area contributed by atoms with Crippen molar-refractivity contribution in [2.45, 2.75) is 24.1 Å². The Bertz CT molecular complexity index is 1300. The van der Waals surface area contributed by atoms with Crippen molar-refractivity contribution in [3.8, 4) is 0 Å². The molecule has 3 rings (SSSR count). The van der Waals surface area contributed by atoms with Gasteiger partial charge in [0.05, 0.1) is 19.5 Å². The zero-order valence-electron chi connectivity index (χ0n) is 16.8. The summed E-state index contributed by atoms with van der Waals surface area (Å²) < 4.78 is 67.5. The molecule has 3 unspecified atom stereocenters. The number of anilines is 1. The largest absolute Gasteiger partial charge is 0.490 e. The summed E-state index contributed by atoms with van der Waals surface area (Å²) in [6.45, 7) is -2.18. The number of hydrogen-bond acceptors (Lipinski definition) is 13. The van der Waals surface area contributed by atoms with Gasteiger partial charge in [-0.3, -0.25) is 9.09 Å². The molecule has 194 valence electrons. The quantitative estimate of drug-likeness (QED) is 0.0959. The minimum absolute atomic E-state index is 0.0233. The molecule has 6 atom stereocenters. The number of phosphoric ester groups is 1. The fraction of sp³-hybridized carbons (Fsp3) is 0.545. The summed E-state index contributed by atoms with van der Waals surface area (Å²) in [5.41, 5.74) is 12.0. The summed E-state index contributed by atoms with van der Waals surface area (Å²) in [6.07, 6.45) is -4.13. The molecular weight excluding hydrogens is 548 g/mol. The lowest BCUT2D eigenvalue weighted by molar-refractivity contribution is -0.118.